The highest BCUT2D eigenvalue weighted by Gasteiger charge is 2.17. The van der Waals surface area contributed by atoms with Crippen LogP contribution in [0.2, 0.25) is 0 Å². The Morgan fingerprint density at radius 1 is 0.585 bits per heavy atom. The molecule has 0 amide bonds. The van der Waals surface area contributed by atoms with Gasteiger partial charge in [-0.2, -0.15) is 0 Å². The fourth-order valence-electron chi connectivity index (χ4n) is 7.67. The average molecular weight is 699 g/mol. The van der Waals surface area contributed by atoms with Crippen molar-refractivity contribution >= 4 is 69.4 Å². The van der Waals surface area contributed by atoms with Crippen molar-refractivity contribution in [3.05, 3.63) is 176 Å². The lowest BCUT2D eigenvalue weighted by molar-refractivity contribution is 0.870. The zero-order valence-electron chi connectivity index (χ0n) is 29.7. The van der Waals surface area contributed by atoms with Crippen LogP contribution in [0.15, 0.2) is 170 Å². The fourth-order valence-corrected chi connectivity index (χ4v) is 8.78. The maximum atomic E-state index is 5.28. The van der Waals surface area contributed by atoms with Crippen molar-refractivity contribution in [2.75, 3.05) is 0 Å². The van der Waals surface area contributed by atoms with Gasteiger partial charge in [0.15, 0.2) is 5.82 Å². The molecule has 7 aromatic carbocycles. The summed E-state index contributed by atoms with van der Waals surface area (Å²) in [5.41, 5.74) is 7.45. The van der Waals surface area contributed by atoms with Gasteiger partial charge < -0.3 is 0 Å². The molecular weight excluding hydrogens is 661 g/mol. The number of hydrogen-bond acceptors (Lipinski definition) is 3. The third kappa shape index (κ3) is 6.03. The summed E-state index contributed by atoms with van der Waals surface area (Å²) in [6.45, 7) is 5.95. The topological polar surface area (TPSA) is 25.8 Å². The second kappa shape index (κ2) is 14.1. The molecule has 53 heavy (non-hydrogen) atoms. The summed E-state index contributed by atoms with van der Waals surface area (Å²) in [6.07, 6.45) is 11.7. The van der Waals surface area contributed by atoms with Gasteiger partial charge in [0, 0.05) is 31.3 Å². The molecule has 0 saturated carbocycles. The van der Waals surface area contributed by atoms with Gasteiger partial charge in [0.1, 0.15) is 0 Å². The number of nitrogens with zero attached hydrogens (tertiary/aromatic N) is 2. The van der Waals surface area contributed by atoms with Crippen molar-refractivity contribution in [3.63, 3.8) is 0 Å². The van der Waals surface area contributed by atoms with E-state index in [0.717, 1.165) is 53.2 Å². The van der Waals surface area contributed by atoms with Crippen molar-refractivity contribution in [2.45, 2.75) is 26.2 Å². The predicted molar refractivity (Wildman–Crippen MR) is 231 cm³/mol. The van der Waals surface area contributed by atoms with E-state index in [4.69, 9.17) is 9.97 Å². The summed E-state index contributed by atoms with van der Waals surface area (Å²) >= 11 is 1.83. The van der Waals surface area contributed by atoms with Crippen LogP contribution in [-0.4, -0.2) is 9.97 Å². The average Bonchev–Trinajstić information content (AvgIpc) is 3.60. The zero-order chi connectivity index (χ0) is 35.7. The number of unbranched alkanes of at least 4 members (excludes halogenated alkanes) is 2. The quantitative estimate of drug-likeness (QED) is 0.0649. The van der Waals surface area contributed by atoms with Crippen molar-refractivity contribution in [3.8, 4) is 33.8 Å². The summed E-state index contributed by atoms with van der Waals surface area (Å²) in [6, 6.07) is 50.5. The lowest BCUT2D eigenvalue weighted by Gasteiger charge is -2.12. The third-order valence-corrected chi connectivity index (χ3v) is 11.4. The van der Waals surface area contributed by atoms with Crippen molar-refractivity contribution < 1.29 is 0 Å². The van der Waals surface area contributed by atoms with Gasteiger partial charge in [-0.1, -0.05) is 133 Å². The summed E-state index contributed by atoms with van der Waals surface area (Å²) in [7, 11) is 0. The van der Waals surface area contributed by atoms with Crippen LogP contribution in [0.25, 0.3) is 91.8 Å². The Kier molecular flexibility index (Phi) is 8.71. The Morgan fingerprint density at radius 2 is 1.25 bits per heavy atom. The highest BCUT2D eigenvalue weighted by Crippen LogP contribution is 2.43. The van der Waals surface area contributed by atoms with Gasteiger partial charge >= 0.3 is 0 Å². The Balaban J connectivity index is 1.21. The molecule has 2 nitrogen and oxygen atoms in total. The number of aromatic nitrogens is 2. The first-order valence-electron chi connectivity index (χ1n) is 18.4. The second-order valence-electron chi connectivity index (χ2n) is 13.5. The van der Waals surface area contributed by atoms with Crippen LogP contribution in [0.5, 0.6) is 0 Å². The second-order valence-corrected chi connectivity index (χ2v) is 14.6. The first-order chi connectivity index (χ1) is 26.2. The maximum absolute atomic E-state index is 5.28. The van der Waals surface area contributed by atoms with E-state index in [1.807, 2.05) is 23.5 Å². The number of thiophene rings is 1. The molecule has 3 heteroatoms. The maximum Gasteiger partial charge on any atom is 0.161 e. The minimum absolute atomic E-state index is 0.737. The van der Waals surface area contributed by atoms with Gasteiger partial charge in [0.25, 0.3) is 0 Å². The normalized spacial score (nSPS) is 12.2. The van der Waals surface area contributed by atoms with E-state index in [2.05, 4.69) is 165 Å². The number of fused-ring (bicyclic) bond motifs is 9. The number of benzene rings is 7. The van der Waals surface area contributed by atoms with E-state index in [9.17, 15) is 0 Å². The van der Waals surface area contributed by atoms with E-state index in [-0.39, 0.29) is 0 Å². The zero-order valence-corrected chi connectivity index (χ0v) is 30.5. The fraction of sp³-hybridized carbons (Fsp3) is 0.0800. The number of hydrogen-bond donors (Lipinski definition) is 0. The molecule has 0 atom stereocenters. The predicted octanol–water partition coefficient (Wildman–Crippen LogP) is 14.6. The molecule has 0 aliphatic rings. The summed E-state index contributed by atoms with van der Waals surface area (Å²) in [5.74, 6) is 0.737. The molecule has 2 aromatic heterocycles. The third-order valence-electron chi connectivity index (χ3n) is 10.3. The van der Waals surface area contributed by atoms with Crippen molar-refractivity contribution in [2.24, 2.45) is 0 Å². The smallest absolute Gasteiger partial charge is 0.161 e. The van der Waals surface area contributed by atoms with Crippen molar-refractivity contribution in [1.29, 1.82) is 0 Å². The van der Waals surface area contributed by atoms with E-state index in [1.165, 1.54) is 63.6 Å². The SMILES string of the molecule is C=CCCC/C=C\C(=C/C)c1cc(-c2ccccc2)nc(-c2cccc3sc4ccc(-c5ccc6c7ccccc7c7ccccc7c6c5)cc4c23)n1. The molecule has 254 valence electrons. The molecule has 0 radical (unpaired) electrons. The molecule has 9 aromatic rings. The van der Waals surface area contributed by atoms with Gasteiger partial charge in [-0.25, -0.2) is 9.97 Å². The van der Waals surface area contributed by atoms with Gasteiger partial charge in [-0.05, 0) is 106 Å². The first kappa shape index (κ1) is 32.7. The van der Waals surface area contributed by atoms with Crippen LogP contribution in [0.4, 0.5) is 0 Å². The molecule has 0 fully saturated rings. The number of allylic oxidation sites excluding steroid dienone is 5. The Bertz CT molecular complexity index is 2860. The highest BCUT2D eigenvalue weighted by molar-refractivity contribution is 7.26. The van der Waals surface area contributed by atoms with Crippen LogP contribution >= 0.6 is 11.3 Å². The number of rotatable bonds is 9. The first-order valence-corrected chi connectivity index (χ1v) is 19.2. The molecule has 9 rings (SSSR count). The van der Waals surface area contributed by atoms with E-state index in [0.29, 0.717) is 0 Å². The van der Waals surface area contributed by atoms with Crippen molar-refractivity contribution in [1.82, 2.24) is 9.97 Å². The van der Waals surface area contributed by atoms with Gasteiger partial charge in [0.05, 0.1) is 11.4 Å². The summed E-state index contributed by atoms with van der Waals surface area (Å²) in [5, 5.41) is 10.1. The molecule has 0 unspecified atom stereocenters. The molecular formula is C50H38N2S. The largest absolute Gasteiger partial charge is 0.228 e. The van der Waals surface area contributed by atoms with Gasteiger partial charge in [-0.3, -0.25) is 0 Å². The van der Waals surface area contributed by atoms with Crippen LogP contribution < -0.4 is 0 Å². The monoisotopic (exact) mass is 698 g/mol. The summed E-state index contributed by atoms with van der Waals surface area (Å²) in [4.78, 5) is 10.5. The molecule has 0 saturated heterocycles. The van der Waals surface area contributed by atoms with E-state index >= 15 is 0 Å². The van der Waals surface area contributed by atoms with Crippen LogP contribution in [0.3, 0.4) is 0 Å². The Labute approximate surface area is 314 Å². The molecule has 0 spiro atoms. The van der Waals surface area contributed by atoms with E-state index in [1.54, 1.807) is 0 Å². The Hall–Kier alpha value is -6.16. The van der Waals surface area contributed by atoms with Crippen LogP contribution in [-0.2, 0) is 0 Å². The van der Waals surface area contributed by atoms with Crippen LogP contribution in [0, 0.1) is 0 Å². The molecule has 0 aliphatic heterocycles. The van der Waals surface area contributed by atoms with Gasteiger partial charge in [-0.15, -0.1) is 17.9 Å². The molecule has 0 aliphatic carbocycles. The minimum Gasteiger partial charge on any atom is -0.228 e. The lowest BCUT2D eigenvalue weighted by Crippen LogP contribution is -1.98. The highest BCUT2D eigenvalue weighted by atomic mass is 32.1. The molecule has 2 heterocycles. The molecule has 0 bridgehead atoms. The summed E-state index contributed by atoms with van der Waals surface area (Å²) < 4.78 is 2.48. The lowest BCUT2D eigenvalue weighted by atomic mass is 9.92. The Morgan fingerprint density at radius 3 is 1.96 bits per heavy atom. The van der Waals surface area contributed by atoms with Crippen LogP contribution in [0.1, 0.15) is 31.9 Å². The molecule has 0 N–H and O–H groups in total. The standard InChI is InChI=1S/C50H38N2S/c1-3-5-6-7-9-17-33(4-2)45-32-46(34-18-10-8-11-19-34)52-50(51-45)42-24-16-25-48-49(42)44-31-36(27-29-47(44)53-48)35-26-28-41-39-22-13-12-20-37(39)38-21-14-15-23-40(38)43(41)30-35/h3-4,8-32H,1,5-7H2,2H3/b17-9-,33-4+. The van der Waals surface area contributed by atoms with Gasteiger partial charge in [0.2, 0.25) is 0 Å². The van der Waals surface area contributed by atoms with E-state index < -0.39 is 0 Å². The minimum atomic E-state index is 0.737.